The highest BCUT2D eigenvalue weighted by molar-refractivity contribution is 5.76. The standard InChI is InChI=1S/C15H26N4O2/c1-4-18-7-8-19(14(21)9-13(20)11(2)3)10-12(18)15-16-5-6-17-15/h5-6,11-13,20H,4,7-10H2,1-3H3,(H,16,17). The van der Waals surface area contributed by atoms with Crippen LogP contribution in [-0.4, -0.2) is 63.1 Å². The zero-order chi connectivity index (χ0) is 15.4. The molecule has 1 saturated heterocycles. The Hall–Kier alpha value is -1.40. The lowest BCUT2D eigenvalue weighted by Crippen LogP contribution is -2.51. The number of carbonyl (C=O) groups is 1. The van der Waals surface area contributed by atoms with Crippen molar-refractivity contribution in [3.05, 3.63) is 18.2 Å². The van der Waals surface area contributed by atoms with Crippen molar-refractivity contribution in [1.82, 2.24) is 19.8 Å². The van der Waals surface area contributed by atoms with E-state index in [2.05, 4.69) is 21.8 Å². The van der Waals surface area contributed by atoms with Gasteiger partial charge in [-0.15, -0.1) is 0 Å². The number of aromatic nitrogens is 2. The number of amides is 1. The van der Waals surface area contributed by atoms with Crippen LogP contribution < -0.4 is 0 Å². The summed E-state index contributed by atoms with van der Waals surface area (Å²) in [4.78, 5) is 24.0. The number of rotatable bonds is 5. The van der Waals surface area contributed by atoms with Crippen LogP contribution in [0.2, 0.25) is 0 Å². The lowest BCUT2D eigenvalue weighted by molar-refractivity contribution is -0.137. The summed E-state index contributed by atoms with van der Waals surface area (Å²) >= 11 is 0. The van der Waals surface area contributed by atoms with Gasteiger partial charge in [-0.1, -0.05) is 20.8 Å². The van der Waals surface area contributed by atoms with Crippen LogP contribution in [0.15, 0.2) is 12.4 Å². The van der Waals surface area contributed by atoms with E-state index in [9.17, 15) is 9.90 Å². The summed E-state index contributed by atoms with van der Waals surface area (Å²) in [5, 5.41) is 9.90. The van der Waals surface area contributed by atoms with Crippen LogP contribution in [-0.2, 0) is 4.79 Å². The molecule has 0 radical (unpaired) electrons. The molecule has 1 aliphatic rings. The molecule has 1 amide bonds. The first-order valence-corrected chi connectivity index (χ1v) is 7.72. The molecular weight excluding hydrogens is 268 g/mol. The van der Waals surface area contributed by atoms with Gasteiger partial charge in [0.25, 0.3) is 0 Å². The topological polar surface area (TPSA) is 72.5 Å². The molecule has 2 atom stereocenters. The summed E-state index contributed by atoms with van der Waals surface area (Å²) < 4.78 is 0. The molecule has 0 bridgehead atoms. The van der Waals surface area contributed by atoms with Gasteiger partial charge >= 0.3 is 0 Å². The second-order valence-corrected chi connectivity index (χ2v) is 5.97. The van der Waals surface area contributed by atoms with Crippen molar-refractivity contribution in [2.75, 3.05) is 26.2 Å². The highest BCUT2D eigenvalue weighted by Crippen LogP contribution is 2.23. The van der Waals surface area contributed by atoms with Crippen molar-refractivity contribution in [2.45, 2.75) is 39.3 Å². The summed E-state index contributed by atoms with van der Waals surface area (Å²) in [5.74, 6) is 1.04. The van der Waals surface area contributed by atoms with Gasteiger partial charge in [-0.25, -0.2) is 4.98 Å². The quantitative estimate of drug-likeness (QED) is 0.850. The minimum atomic E-state index is -0.566. The molecule has 1 fully saturated rings. The van der Waals surface area contributed by atoms with Crippen LogP contribution in [0.5, 0.6) is 0 Å². The first-order chi connectivity index (χ1) is 10.0. The van der Waals surface area contributed by atoms with Gasteiger partial charge in [0.2, 0.25) is 5.91 Å². The summed E-state index contributed by atoms with van der Waals surface area (Å²) in [6, 6.07) is 0.110. The van der Waals surface area contributed by atoms with Crippen molar-refractivity contribution in [3.63, 3.8) is 0 Å². The molecule has 1 aromatic heterocycles. The van der Waals surface area contributed by atoms with Gasteiger partial charge in [0, 0.05) is 32.0 Å². The summed E-state index contributed by atoms with van der Waals surface area (Å²) in [7, 11) is 0. The third-order valence-electron chi connectivity index (χ3n) is 4.24. The number of likely N-dealkylation sites (N-methyl/N-ethyl adjacent to an activating group) is 1. The second kappa shape index (κ2) is 7.04. The van der Waals surface area contributed by atoms with Crippen molar-refractivity contribution in [1.29, 1.82) is 0 Å². The molecule has 21 heavy (non-hydrogen) atoms. The fraction of sp³-hybridized carbons (Fsp3) is 0.733. The molecule has 2 unspecified atom stereocenters. The van der Waals surface area contributed by atoms with E-state index in [1.165, 1.54) is 0 Å². The fourth-order valence-corrected chi connectivity index (χ4v) is 2.69. The number of piperazine rings is 1. The number of aliphatic hydroxyl groups excluding tert-OH is 1. The van der Waals surface area contributed by atoms with Crippen LogP contribution in [0.1, 0.15) is 39.1 Å². The number of imidazole rings is 1. The van der Waals surface area contributed by atoms with Crippen LogP contribution >= 0.6 is 0 Å². The third-order valence-corrected chi connectivity index (χ3v) is 4.24. The largest absolute Gasteiger partial charge is 0.392 e. The van der Waals surface area contributed by atoms with E-state index >= 15 is 0 Å². The Morgan fingerprint density at radius 1 is 1.52 bits per heavy atom. The predicted octanol–water partition coefficient (Wildman–Crippen LogP) is 1.02. The van der Waals surface area contributed by atoms with E-state index in [1.54, 1.807) is 6.20 Å². The molecule has 2 heterocycles. The first kappa shape index (κ1) is 16.0. The second-order valence-electron chi connectivity index (χ2n) is 5.97. The molecular formula is C15H26N4O2. The minimum absolute atomic E-state index is 0.0310. The summed E-state index contributed by atoms with van der Waals surface area (Å²) in [6.07, 6.45) is 3.19. The van der Waals surface area contributed by atoms with Crippen molar-refractivity contribution in [3.8, 4) is 0 Å². The van der Waals surface area contributed by atoms with E-state index in [1.807, 2.05) is 24.9 Å². The smallest absolute Gasteiger partial charge is 0.225 e. The third kappa shape index (κ3) is 3.83. The monoisotopic (exact) mass is 294 g/mol. The van der Waals surface area contributed by atoms with Gasteiger partial charge in [-0.2, -0.15) is 0 Å². The fourth-order valence-electron chi connectivity index (χ4n) is 2.69. The van der Waals surface area contributed by atoms with Crippen LogP contribution in [0.4, 0.5) is 0 Å². The predicted molar refractivity (Wildman–Crippen MR) is 80.6 cm³/mol. The van der Waals surface area contributed by atoms with Crippen molar-refractivity contribution < 1.29 is 9.90 Å². The Morgan fingerprint density at radius 2 is 2.29 bits per heavy atom. The minimum Gasteiger partial charge on any atom is -0.392 e. The molecule has 118 valence electrons. The first-order valence-electron chi connectivity index (χ1n) is 7.72. The number of aromatic amines is 1. The molecule has 6 heteroatoms. The summed E-state index contributed by atoms with van der Waals surface area (Å²) in [5.41, 5.74) is 0. The van der Waals surface area contributed by atoms with E-state index in [0.29, 0.717) is 13.1 Å². The molecule has 2 N–H and O–H groups in total. The molecule has 1 aromatic rings. The summed E-state index contributed by atoms with van der Waals surface area (Å²) in [6.45, 7) is 9.10. The lowest BCUT2D eigenvalue weighted by Gasteiger charge is -2.40. The van der Waals surface area contributed by atoms with Gasteiger partial charge in [0.05, 0.1) is 18.6 Å². The van der Waals surface area contributed by atoms with Crippen LogP contribution in [0, 0.1) is 5.92 Å². The zero-order valence-corrected chi connectivity index (χ0v) is 13.1. The van der Waals surface area contributed by atoms with Gasteiger partial charge < -0.3 is 15.0 Å². The maximum atomic E-state index is 12.3. The normalized spacial score (nSPS) is 21.8. The average molecular weight is 294 g/mol. The molecule has 0 aromatic carbocycles. The highest BCUT2D eigenvalue weighted by Gasteiger charge is 2.31. The number of nitrogens with one attached hydrogen (secondary N) is 1. The van der Waals surface area contributed by atoms with Crippen LogP contribution in [0.25, 0.3) is 0 Å². The van der Waals surface area contributed by atoms with E-state index in [-0.39, 0.29) is 24.3 Å². The molecule has 6 nitrogen and oxygen atoms in total. The van der Waals surface area contributed by atoms with Crippen LogP contribution in [0.3, 0.4) is 0 Å². The molecule has 2 rings (SSSR count). The highest BCUT2D eigenvalue weighted by atomic mass is 16.3. The molecule has 0 aliphatic carbocycles. The number of hydrogen-bond acceptors (Lipinski definition) is 4. The van der Waals surface area contributed by atoms with Crippen molar-refractivity contribution >= 4 is 5.91 Å². The van der Waals surface area contributed by atoms with Crippen molar-refractivity contribution in [2.24, 2.45) is 5.92 Å². The SMILES string of the molecule is CCN1CCN(C(=O)CC(O)C(C)C)CC1c1ncc[nH]1. The Kier molecular flexibility index (Phi) is 5.36. The number of H-pyrrole nitrogens is 1. The van der Waals surface area contributed by atoms with E-state index in [0.717, 1.165) is 18.9 Å². The van der Waals surface area contributed by atoms with Gasteiger partial charge in [-0.05, 0) is 12.5 Å². The Balaban J connectivity index is 2.02. The number of nitrogens with zero attached hydrogens (tertiary/aromatic N) is 3. The number of hydrogen-bond donors (Lipinski definition) is 2. The molecule has 1 aliphatic heterocycles. The van der Waals surface area contributed by atoms with Gasteiger partial charge in [0.1, 0.15) is 5.82 Å². The Bertz CT molecular complexity index is 447. The Morgan fingerprint density at radius 3 is 2.86 bits per heavy atom. The zero-order valence-electron chi connectivity index (χ0n) is 13.1. The number of carbonyl (C=O) groups excluding carboxylic acids is 1. The molecule has 0 spiro atoms. The van der Waals surface area contributed by atoms with Gasteiger partial charge in [0.15, 0.2) is 0 Å². The van der Waals surface area contributed by atoms with Gasteiger partial charge in [-0.3, -0.25) is 9.69 Å². The maximum absolute atomic E-state index is 12.3. The lowest BCUT2D eigenvalue weighted by atomic mass is 10.0. The Labute approximate surface area is 126 Å². The molecule has 0 saturated carbocycles. The maximum Gasteiger partial charge on any atom is 0.225 e. The average Bonchev–Trinajstić information content (AvgIpc) is 3.00. The van der Waals surface area contributed by atoms with E-state index < -0.39 is 6.10 Å². The van der Waals surface area contributed by atoms with E-state index in [4.69, 9.17) is 0 Å². The number of aliphatic hydroxyl groups is 1.